The molecule has 1 aliphatic rings. The number of nitrogens with zero attached hydrogens (tertiary/aromatic N) is 2. The van der Waals surface area contributed by atoms with Crippen molar-refractivity contribution in [2.45, 2.75) is 12.5 Å². The van der Waals surface area contributed by atoms with Crippen molar-refractivity contribution < 1.29 is 9.90 Å². The van der Waals surface area contributed by atoms with Gasteiger partial charge >= 0.3 is 5.97 Å². The van der Waals surface area contributed by atoms with Gasteiger partial charge in [-0.3, -0.25) is 9.59 Å². The summed E-state index contributed by atoms with van der Waals surface area (Å²) >= 11 is 0. The molecule has 1 fully saturated rings. The number of benzene rings is 2. The van der Waals surface area contributed by atoms with Gasteiger partial charge in [0.15, 0.2) is 0 Å². The van der Waals surface area contributed by atoms with Gasteiger partial charge in [-0.2, -0.15) is 0 Å². The van der Waals surface area contributed by atoms with Crippen LogP contribution in [0.3, 0.4) is 0 Å². The van der Waals surface area contributed by atoms with Crippen LogP contribution in [0.1, 0.15) is 5.56 Å². The number of aliphatic carboxylic acids is 1. The molecular weight excluding hydrogens is 446 g/mol. The molecule has 4 aromatic rings. The molecule has 5 rings (SSSR count). The predicted molar refractivity (Wildman–Crippen MR) is 137 cm³/mol. The van der Waals surface area contributed by atoms with Crippen molar-refractivity contribution in [1.82, 2.24) is 10.3 Å². The Bertz CT molecular complexity index is 1430. The molecule has 0 spiro atoms. The first-order chi connectivity index (χ1) is 17.0. The summed E-state index contributed by atoms with van der Waals surface area (Å²) in [5, 5.41) is 21.2. The highest BCUT2D eigenvalue weighted by Crippen LogP contribution is 2.25. The standard InChI is InChI=1S/C26H25N5O4/c32-23-21(22(24(23)33)31-13-11-27-12-14-31)30-20(26(34)35)15-16-5-7-18(8-6-16)29-25-19-4-2-1-3-17(19)9-10-28-25/h1-10,20,27,30H,11-15H2,(H,28,29)(H,34,35). The van der Waals surface area contributed by atoms with E-state index in [2.05, 4.69) is 20.9 Å². The van der Waals surface area contributed by atoms with Crippen LogP contribution >= 0.6 is 0 Å². The number of nitrogens with one attached hydrogen (secondary N) is 3. The summed E-state index contributed by atoms with van der Waals surface area (Å²) in [7, 11) is 0. The van der Waals surface area contributed by atoms with Crippen LogP contribution in [-0.4, -0.2) is 48.3 Å². The van der Waals surface area contributed by atoms with Gasteiger partial charge in [0.1, 0.15) is 23.2 Å². The highest BCUT2D eigenvalue weighted by atomic mass is 16.4. The number of carboxylic acid groups (broad SMARTS) is 1. The predicted octanol–water partition coefficient (Wildman–Crippen LogP) is 2.09. The van der Waals surface area contributed by atoms with Crippen molar-refractivity contribution in [1.29, 1.82) is 0 Å². The molecule has 2 heterocycles. The van der Waals surface area contributed by atoms with E-state index in [1.807, 2.05) is 59.5 Å². The van der Waals surface area contributed by atoms with Crippen LogP contribution in [0.15, 0.2) is 70.4 Å². The van der Waals surface area contributed by atoms with Gasteiger partial charge < -0.3 is 26.0 Å². The third-order valence-corrected chi connectivity index (χ3v) is 6.27. The number of piperazine rings is 1. The number of hydrogen-bond donors (Lipinski definition) is 4. The minimum atomic E-state index is -1.09. The monoisotopic (exact) mass is 471 g/mol. The summed E-state index contributed by atoms with van der Waals surface area (Å²) in [6.45, 7) is 2.60. The Hall–Kier alpha value is -4.24. The second-order valence-electron chi connectivity index (χ2n) is 8.56. The molecule has 1 aromatic heterocycles. The molecule has 35 heavy (non-hydrogen) atoms. The molecule has 178 valence electrons. The van der Waals surface area contributed by atoms with Gasteiger partial charge in [0.05, 0.1) is 0 Å². The molecule has 0 aliphatic carbocycles. The molecule has 0 amide bonds. The Kier molecular flexibility index (Phi) is 6.15. The first-order valence-corrected chi connectivity index (χ1v) is 11.5. The summed E-state index contributed by atoms with van der Waals surface area (Å²) in [5.74, 6) is -0.354. The van der Waals surface area contributed by atoms with E-state index in [0.29, 0.717) is 31.9 Å². The maximum absolute atomic E-state index is 12.2. The lowest BCUT2D eigenvalue weighted by atomic mass is 10.0. The number of carbonyl (C=O) groups is 1. The van der Waals surface area contributed by atoms with E-state index in [1.165, 1.54) is 0 Å². The lowest BCUT2D eigenvalue weighted by Crippen LogP contribution is -2.51. The van der Waals surface area contributed by atoms with E-state index in [-0.39, 0.29) is 12.1 Å². The second kappa shape index (κ2) is 9.55. The number of fused-ring (bicyclic) bond motifs is 1. The first kappa shape index (κ1) is 22.5. The van der Waals surface area contributed by atoms with Gasteiger partial charge in [-0.05, 0) is 29.1 Å². The number of pyridine rings is 1. The van der Waals surface area contributed by atoms with Gasteiger partial charge in [0.2, 0.25) is 0 Å². The fourth-order valence-electron chi connectivity index (χ4n) is 4.39. The molecular formula is C26H25N5O4. The molecule has 0 saturated carbocycles. The smallest absolute Gasteiger partial charge is 0.326 e. The van der Waals surface area contributed by atoms with E-state index >= 15 is 0 Å². The van der Waals surface area contributed by atoms with Crippen molar-refractivity contribution in [3.8, 4) is 0 Å². The van der Waals surface area contributed by atoms with Gasteiger partial charge in [-0.25, -0.2) is 9.78 Å². The van der Waals surface area contributed by atoms with Gasteiger partial charge in [-0.15, -0.1) is 0 Å². The van der Waals surface area contributed by atoms with Crippen molar-refractivity contribution in [2.75, 3.05) is 41.7 Å². The van der Waals surface area contributed by atoms with Gasteiger partial charge in [0, 0.05) is 49.9 Å². The van der Waals surface area contributed by atoms with Crippen LogP contribution in [0.25, 0.3) is 10.8 Å². The first-order valence-electron chi connectivity index (χ1n) is 11.5. The van der Waals surface area contributed by atoms with Crippen LogP contribution in [0.2, 0.25) is 0 Å². The number of hydrogen-bond acceptors (Lipinski definition) is 8. The molecule has 1 unspecified atom stereocenters. The van der Waals surface area contributed by atoms with Gasteiger partial charge in [0.25, 0.3) is 10.9 Å². The van der Waals surface area contributed by atoms with Crippen molar-refractivity contribution in [3.05, 3.63) is 86.8 Å². The molecule has 9 nitrogen and oxygen atoms in total. The molecule has 1 atom stereocenters. The highest BCUT2D eigenvalue weighted by Gasteiger charge is 2.30. The van der Waals surface area contributed by atoms with E-state index in [4.69, 9.17) is 0 Å². The number of anilines is 4. The molecule has 1 saturated heterocycles. The van der Waals surface area contributed by atoms with E-state index in [9.17, 15) is 19.5 Å². The van der Waals surface area contributed by atoms with Crippen molar-refractivity contribution in [2.24, 2.45) is 0 Å². The summed E-state index contributed by atoms with van der Waals surface area (Å²) in [6, 6.07) is 16.3. The lowest BCUT2D eigenvalue weighted by molar-refractivity contribution is -0.137. The van der Waals surface area contributed by atoms with E-state index in [1.54, 1.807) is 6.20 Å². The summed E-state index contributed by atoms with van der Waals surface area (Å²) < 4.78 is 0. The van der Waals surface area contributed by atoms with Crippen LogP contribution in [0.4, 0.5) is 22.9 Å². The number of carboxylic acids is 1. The van der Waals surface area contributed by atoms with Crippen molar-refractivity contribution in [3.63, 3.8) is 0 Å². The molecule has 4 N–H and O–H groups in total. The highest BCUT2D eigenvalue weighted by molar-refractivity contribution is 5.93. The van der Waals surface area contributed by atoms with Crippen LogP contribution < -0.4 is 31.7 Å². The number of rotatable bonds is 8. The minimum absolute atomic E-state index is 0.101. The lowest BCUT2D eigenvalue weighted by Gasteiger charge is -2.32. The molecule has 0 bridgehead atoms. The molecule has 3 aromatic carbocycles. The maximum atomic E-state index is 12.2. The van der Waals surface area contributed by atoms with Crippen molar-refractivity contribution >= 4 is 39.6 Å². The Morgan fingerprint density at radius 2 is 1.77 bits per heavy atom. The van der Waals surface area contributed by atoms with E-state index < -0.39 is 22.9 Å². The Labute approximate surface area is 201 Å². The largest absolute Gasteiger partial charge is 0.480 e. The quantitative estimate of drug-likeness (QED) is 0.286. The molecule has 0 radical (unpaired) electrons. The Balaban J connectivity index is 1.30. The Morgan fingerprint density at radius 3 is 2.51 bits per heavy atom. The van der Waals surface area contributed by atoms with Gasteiger partial charge in [-0.1, -0.05) is 36.4 Å². The fraction of sp³-hybridized carbons (Fsp3) is 0.231. The molecule has 1 aliphatic heterocycles. The zero-order valence-electron chi connectivity index (χ0n) is 19.0. The molecule has 9 heteroatoms. The minimum Gasteiger partial charge on any atom is -0.480 e. The zero-order chi connectivity index (χ0) is 24.4. The summed E-state index contributed by atoms with van der Waals surface area (Å²) in [6.07, 6.45) is 1.90. The summed E-state index contributed by atoms with van der Waals surface area (Å²) in [5.41, 5.74) is 0.780. The number of aromatic nitrogens is 1. The summed E-state index contributed by atoms with van der Waals surface area (Å²) in [4.78, 5) is 42.6. The fourth-order valence-corrected chi connectivity index (χ4v) is 4.39. The second-order valence-corrected chi connectivity index (χ2v) is 8.56. The van der Waals surface area contributed by atoms with Crippen LogP contribution in [0, 0.1) is 0 Å². The van der Waals surface area contributed by atoms with Crippen LogP contribution in [-0.2, 0) is 11.2 Å². The van der Waals surface area contributed by atoms with E-state index in [0.717, 1.165) is 27.8 Å². The topological polar surface area (TPSA) is 124 Å². The zero-order valence-corrected chi connectivity index (χ0v) is 19.0. The normalized spacial score (nSPS) is 14.7. The SMILES string of the molecule is O=C(O)C(Cc1ccc(Nc2nccc3ccccc23)cc1)Nc1c(N2CCNCC2)c(=O)c1=O. The third-order valence-electron chi connectivity index (χ3n) is 6.27. The van der Waals surface area contributed by atoms with Crippen LogP contribution in [0.5, 0.6) is 0 Å². The third kappa shape index (κ3) is 4.58. The average molecular weight is 472 g/mol. The Morgan fingerprint density at radius 1 is 1.03 bits per heavy atom. The average Bonchev–Trinajstić information content (AvgIpc) is 2.89. The maximum Gasteiger partial charge on any atom is 0.326 e.